The third kappa shape index (κ3) is 4.89. The number of ether oxygens (including phenoxy) is 1. The summed E-state index contributed by atoms with van der Waals surface area (Å²) in [5.41, 5.74) is 1.58. The van der Waals surface area contributed by atoms with E-state index in [1.807, 2.05) is 0 Å². The molecule has 0 heterocycles. The maximum absolute atomic E-state index is 12.1. The molecule has 0 saturated heterocycles. The van der Waals surface area contributed by atoms with E-state index in [0.717, 1.165) is 0 Å². The Kier molecular flexibility index (Phi) is 5.43. The van der Waals surface area contributed by atoms with Crippen LogP contribution >= 0.6 is 11.6 Å². The highest BCUT2D eigenvalue weighted by Gasteiger charge is 2.09. The largest absolute Gasteiger partial charge is 0.495 e. The van der Waals surface area contributed by atoms with E-state index in [0.29, 0.717) is 27.8 Å². The van der Waals surface area contributed by atoms with Gasteiger partial charge in [-0.05, 0) is 36.4 Å². The molecule has 0 aliphatic heterocycles. The number of hydrogen-bond donors (Lipinski definition) is 3. The number of methoxy groups -OCH3 is 1. The first-order valence-corrected chi connectivity index (χ1v) is 7.15. The number of carbonyl (C=O) groups is 2. The molecule has 6 nitrogen and oxygen atoms in total. The molecule has 0 saturated carbocycles. The fourth-order valence-electron chi connectivity index (χ4n) is 1.94. The molecule has 0 bridgehead atoms. The van der Waals surface area contributed by atoms with Crippen LogP contribution in [0, 0.1) is 0 Å². The van der Waals surface area contributed by atoms with Crippen molar-refractivity contribution in [2.75, 3.05) is 23.1 Å². The molecule has 2 aromatic rings. The molecule has 23 heavy (non-hydrogen) atoms. The number of amides is 3. The summed E-state index contributed by atoms with van der Waals surface area (Å²) in [5, 5.41) is 8.47. The van der Waals surface area contributed by atoms with Gasteiger partial charge in [-0.2, -0.15) is 0 Å². The third-order valence-electron chi connectivity index (χ3n) is 2.85. The molecule has 120 valence electrons. The summed E-state index contributed by atoms with van der Waals surface area (Å²) < 4.78 is 5.17. The summed E-state index contributed by atoms with van der Waals surface area (Å²) in [6, 6.07) is 11.3. The summed E-state index contributed by atoms with van der Waals surface area (Å²) in [6.45, 7) is 1.41. The Labute approximate surface area is 138 Å². The molecule has 0 unspecified atom stereocenters. The maximum Gasteiger partial charge on any atom is 0.323 e. The van der Waals surface area contributed by atoms with E-state index in [9.17, 15) is 9.59 Å². The zero-order chi connectivity index (χ0) is 16.8. The molecule has 0 aliphatic rings. The van der Waals surface area contributed by atoms with Crippen LogP contribution in [0.25, 0.3) is 0 Å². The van der Waals surface area contributed by atoms with Crippen molar-refractivity contribution in [1.29, 1.82) is 0 Å². The zero-order valence-corrected chi connectivity index (χ0v) is 13.4. The molecule has 2 aromatic carbocycles. The molecule has 0 spiro atoms. The number of carbonyl (C=O) groups excluding carboxylic acids is 2. The van der Waals surface area contributed by atoms with E-state index >= 15 is 0 Å². The quantitative estimate of drug-likeness (QED) is 0.792. The van der Waals surface area contributed by atoms with Crippen LogP contribution in [0.4, 0.5) is 21.9 Å². The summed E-state index contributed by atoms with van der Waals surface area (Å²) >= 11 is 5.92. The Morgan fingerprint density at radius 1 is 1.00 bits per heavy atom. The highest BCUT2D eigenvalue weighted by atomic mass is 35.5. The maximum atomic E-state index is 12.1. The van der Waals surface area contributed by atoms with Crippen molar-refractivity contribution in [3.8, 4) is 5.75 Å². The van der Waals surface area contributed by atoms with Crippen LogP contribution in [0.2, 0.25) is 5.02 Å². The Hall–Kier alpha value is -2.73. The van der Waals surface area contributed by atoms with Gasteiger partial charge in [-0.3, -0.25) is 4.79 Å². The normalized spacial score (nSPS) is 9.87. The van der Waals surface area contributed by atoms with Crippen molar-refractivity contribution in [1.82, 2.24) is 0 Å². The van der Waals surface area contributed by atoms with Gasteiger partial charge in [-0.15, -0.1) is 0 Å². The molecule has 3 N–H and O–H groups in total. The van der Waals surface area contributed by atoms with Crippen molar-refractivity contribution in [3.05, 3.63) is 47.5 Å². The van der Waals surface area contributed by atoms with Crippen LogP contribution in [-0.4, -0.2) is 19.0 Å². The average molecular weight is 334 g/mol. The molecule has 2 rings (SSSR count). The van der Waals surface area contributed by atoms with Crippen LogP contribution in [0.1, 0.15) is 6.92 Å². The first-order chi connectivity index (χ1) is 11.0. The van der Waals surface area contributed by atoms with E-state index in [-0.39, 0.29) is 5.91 Å². The molecule has 0 atom stereocenters. The summed E-state index contributed by atoms with van der Waals surface area (Å²) in [4.78, 5) is 23.1. The smallest absolute Gasteiger partial charge is 0.323 e. The molecule has 0 radical (unpaired) electrons. The fourth-order valence-corrected chi connectivity index (χ4v) is 2.11. The van der Waals surface area contributed by atoms with E-state index in [1.165, 1.54) is 14.0 Å². The Balaban J connectivity index is 2.08. The van der Waals surface area contributed by atoms with Crippen LogP contribution in [0.3, 0.4) is 0 Å². The lowest BCUT2D eigenvalue weighted by Crippen LogP contribution is -2.20. The Morgan fingerprint density at radius 2 is 1.70 bits per heavy atom. The van der Waals surface area contributed by atoms with E-state index in [4.69, 9.17) is 16.3 Å². The van der Waals surface area contributed by atoms with E-state index in [1.54, 1.807) is 42.5 Å². The Morgan fingerprint density at radius 3 is 2.35 bits per heavy atom. The fraction of sp³-hybridized carbons (Fsp3) is 0.125. The van der Waals surface area contributed by atoms with E-state index < -0.39 is 6.03 Å². The van der Waals surface area contributed by atoms with Gasteiger partial charge in [0.1, 0.15) is 5.75 Å². The topological polar surface area (TPSA) is 79.5 Å². The monoisotopic (exact) mass is 333 g/mol. The van der Waals surface area contributed by atoms with E-state index in [2.05, 4.69) is 16.0 Å². The van der Waals surface area contributed by atoms with Crippen LogP contribution in [-0.2, 0) is 4.79 Å². The zero-order valence-electron chi connectivity index (χ0n) is 12.6. The number of anilines is 3. The molecular weight excluding hydrogens is 318 g/mol. The summed E-state index contributed by atoms with van der Waals surface area (Å²) in [5.74, 6) is 0.312. The lowest BCUT2D eigenvalue weighted by Gasteiger charge is -2.12. The van der Waals surface area contributed by atoms with Crippen molar-refractivity contribution in [2.45, 2.75) is 6.92 Å². The molecule has 0 aliphatic carbocycles. The SMILES string of the molecule is COc1ccc(Cl)cc1NC(=O)Nc1cccc(NC(C)=O)c1. The van der Waals surface area contributed by atoms with Crippen molar-refractivity contribution >= 4 is 40.6 Å². The molecule has 3 amide bonds. The van der Waals surface area contributed by atoms with Crippen molar-refractivity contribution in [2.24, 2.45) is 0 Å². The number of urea groups is 1. The highest BCUT2D eigenvalue weighted by Crippen LogP contribution is 2.27. The van der Waals surface area contributed by atoms with Gasteiger partial charge in [0.15, 0.2) is 0 Å². The average Bonchev–Trinajstić information content (AvgIpc) is 2.47. The van der Waals surface area contributed by atoms with Gasteiger partial charge < -0.3 is 20.7 Å². The predicted molar refractivity (Wildman–Crippen MR) is 91.4 cm³/mol. The van der Waals surface area contributed by atoms with Crippen LogP contribution < -0.4 is 20.7 Å². The number of halogens is 1. The second kappa shape index (κ2) is 7.51. The lowest BCUT2D eigenvalue weighted by molar-refractivity contribution is -0.114. The van der Waals surface area contributed by atoms with Gasteiger partial charge in [0.05, 0.1) is 12.8 Å². The second-order valence-corrected chi connectivity index (χ2v) is 5.12. The van der Waals surface area contributed by atoms with Gasteiger partial charge >= 0.3 is 6.03 Å². The van der Waals surface area contributed by atoms with Gasteiger partial charge in [0.25, 0.3) is 0 Å². The standard InChI is InChI=1S/C16H16ClN3O3/c1-10(21)18-12-4-3-5-13(9-12)19-16(22)20-14-8-11(17)6-7-15(14)23-2/h3-9H,1-2H3,(H,18,21)(H2,19,20,22). The molecule has 0 fully saturated rings. The summed E-state index contributed by atoms with van der Waals surface area (Å²) in [6.07, 6.45) is 0. The van der Waals surface area contributed by atoms with Gasteiger partial charge in [0, 0.05) is 23.3 Å². The highest BCUT2D eigenvalue weighted by molar-refractivity contribution is 6.31. The predicted octanol–water partition coefficient (Wildman–Crippen LogP) is 3.95. The van der Waals surface area contributed by atoms with Crippen molar-refractivity contribution < 1.29 is 14.3 Å². The minimum atomic E-state index is -0.453. The number of rotatable bonds is 4. The number of nitrogens with one attached hydrogen (secondary N) is 3. The minimum Gasteiger partial charge on any atom is -0.495 e. The van der Waals surface area contributed by atoms with Gasteiger partial charge in [0.2, 0.25) is 5.91 Å². The van der Waals surface area contributed by atoms with Crippen LogP contribution in [0.15, 0.2) is 42.5 Å². The summed E-state index contributed by atoms with van der Waals surface area (Å²) in [7, 11) is 1.50. The van der Waals surface area contributed by atoms with Gasteiger partial charge in [-0.1, -0.05) is 17.7 Å². The first-order valence-electron chi connectivity index (χ1n) is 6.77. The lowest BCUT2D eigenvalue weighted by atomic mass is 10.2. The number of hydrogen-bond acceptors (Lipinski definition) is 3. The third-order valence-corrected chi connectivity index (χ3v) is 3.09. The first kappa shape index (κ1) is 16.6. The van der Waals surface area contributed by atoms with Crippen LogP contribution in [0.5, 0.6) is 5.75 Å². The minimum absolute atomic E-state index is 0.185. The Bertz CT molecular complexity index is 734. The molecular formula is C16H16ClN3O3. The second-order valence-electron chi connectivity index (χ2n) is 4.69. The number of benzene rings is 2. The molecule has 7 heteroatoms. The van der Waals surface area contributed by atoms with Gasteiger partial charge in [-0.25, -0.2) is 4.79 Å². The van der Waals surface area contributed by atoms with Crippen molar-refractivity contribution in [3.63, 3.8) is 0 Å². The molecule has 0 aromatic heterocycles.